The van der Waals surface area contributed by atoms with Crippen LogP contribution in [0, 0.1) is 0 Å². The second kappa shape index (κ2) is 7.86. The molecule has 0 amide bonds. The number of hydrogen-bond acceptors (Lipinski definition) is 2. The number of fused-ring (bicyclic) bond motifs is 1. The number of nitrogens with zero attached hydrogens (tertiary/aromatic N) is 2. The lowest BCUT2D eigenvalue weighted by molar-refractivity contribution is 0.414. The average Bonchev–Trinajstić information content (AvgIpc) is 3.06. The standard InChI is InChI=1S/C20H25N3O/c1-21-20(23-14-12-17-9-3-4-11-19(17)23)22-13-6-8-16-7-5-10-18(15-16)24-2/h3-5,7,9-11,15H,6,8,12-14H2,1-2H3,(H,21,22). The van der Waals surface area contributed by atoms with E-state index in [1.165, 1.54) is 16.8 Å². The highest BCUT2D eigenvalue weighted by Crippen LogP contribution is 2.27. The maximum atomic E-state index is 5.28. The number of anilines is 1. The molecule has 2 aromatic carbocycles. The number of guanidine groups is 1. The average molecular weight is 323 g/mol. The molecule has 1 aliphatic rings. The van der Waals surface area contributed by atoms with Gasteiger partial charge in [-0.1, -0.05) is 30.3 Å². The first-order valence-corrected chi connectivity index (χ1v) is 8.51. The fraction of sp³-hybridized carbons (Fsp3) is 0.350. The highest BCUT2D eigenvalue weighted by Gasteiger charge is 2.21. The minimum atomic E-state index is 0.905. The first kappa shape index (κ1) is 16.4. The van der Waals surface area contributed by atoms with E-state index in [4.69, 9.17) is 4.74 Å². The van der Waals surface area contributed by atoms with Gasteiger partial charge >= 0.3 is 0 Å². The van der Waals surface area contributed by atoms with Crippen molar-refractivity contribution in [2.24, 2.45) is 4.99 Å². The Morgan fingerprint density at radius 1 is 1.21 bits per heavy atom. The highest BCUT2D eigenvalue weighted by molar-refractivity contribution is 5.97. The van der Waals surface area contributed by atoms with Crippen LogP contribution in [0.3, 0.4) is 0 Å². The zero-order chi connectivity index (χ0) is 16.8. The summed E-state index contributed by atoms with van der Waals surface area (Å²) < 4.78 is 5.28. The van der Waals surface area contributed by atoms with E-state index in [-0.39, 0.29) is 0 Å². The Bertz CT molecular complexity index is 712. The van der Waals surface area contributed by atoms with Crippen molar-refractivity contribution in [2.45, 2.75) is 19.3 Å². The van der Waals surface area contributed by atoms with Crippen LogP contribution >= 0.6 is 0 Å². The van der Waals surface area contributed by atoms with E-state index in [1.807, 2.05) is 19.2 Å². The van der Waals surface area contributed by atoms with Gasteiger partial charge in [-0.25, -0.2) is 0 Å². The third-order valence-electron chi connectivity index (χ3n) is 4.41. The van der Waals surface area contributed by atoms with Gasteiger partial charge in [-0.05, 0) is 48.6 Å². The largest absolute Gasteiger partial charge is 0.497 e. The quantitative estimate of drug-likeness (QED) is 0.521. The van der Waals surface area contributed by atoms with Crippen molar-refractivity contribution < 1.29 is 4.74 Å². The molecule has 0 aliphatic carbocycles. The van der Waals surface area contributed by atoms with Crippen LogP contribution in [0.5, 0.6) is 5.75 Å². The molecule has 0 saturated heterocycles. The van der Waals surface area contributed by atoms with E-state index in [2.05, 4.69) is 51.6 Å². The van der Waals surface area contributed by atoms with Crippen molar-refractivity contribution in [3.05, 3.63) is 59.7 Å². The molecule has 3 rings (SSSR count). The molecule has 0 radical (unpaired) electrons. The predicted molar refractivity (Wildman–Crippen MR) is 100 cm³/mol. The van der Waals surface area contributed by atoms with E-state index >= 15 is 0 Å². The molecular weight excluding hydrogens is 298 g/mol. The number of aliphatic imine (C=N–C) groups is 1. The summed E-state index contributed by atoms with van der Waals surface area (Å²) in [7, 11) is 3.56. The molecular formula is C20H25N3O. The Morgan fingerprint density at radius 2 is 2.08 bits per heavy atom. The maximum absolute atomic E-state index is 5.28. The molecule has 0 bridgehead atoms. The fourth-order valence-electron chi connectivity index (χ4n) is 3.17. The van der Waals surface area contributed by atoms with Crippen LogP contribution in [-0.4, -0.2) is 33.2 Å². The second-order valence-corrected chi connectivity index (χ2v) is 5.96. The minimum absolute atomic E-state index is 0.905. The van der Waals surface area contributed by atoms with Crippen LogP contribution in [0.1, 0.15) is 17.5 Å². The van der Waals surface area contributed by atoms with Crippen molar-refractivity contribution in [2.75, 3.05) is 32.1 Å². The van der Waals surface area contributed by atoms with Crippen LogP contribution in [-0.2, 0) is 12.8 Å². The van der Waals surface area contributed by atoms with Gasteiger partial charge in [-0.15, -0.1) is 0 Å². The molecule has 1 N–H and O–H groups in total. The monoisotopic (exact) mass is 323 g/mol. The maximum Gasteiger partial charge on any atom is 0.198 e. The topological polar surface area (TPSA) is 36.9 Å². The van der Waals surface area contributed by atoms with Gasteiger partial charge in [0.05, 0.1) is 7.11 Å². The molecule has 0 spiro atoms. The SMILES string of the molecule is CN=C(NCCCc1cccc(OC)c1)N1CCc2ccccc21. The Hall–Kier alpha value is -2.49. The van der Waals surface area contributed by atoms with Crippen molar-refractivity contribution in [1.29, 1.82) is 0 Å². The number of benzene rings is 2. The van der Waals surface area contributed by atoms with Crippen molar-refractivity contribution in [1.82, 2.24) is 5.32 Å². The second-order valence-electron chi connectivity index (χ2n) is 5.96. The third-order valence-corrected chi connectivity index (χ3v) is 4.41. The molecule has 0 unspecified atom stereocenters. The Balaban J connectivity index is 1.52. The molecule has 0 fully saturated rings. The molecule has 126 valence electrons. The van der Waals surface area contributed by atoms with Gasteiger partial charge in [-0.2, -0.15) is 0 Å². The van der Waals surface area contributed by atoms with Gasteiger partial charge in [0, 0.05) is 25.8 Å². The number of hydrogen-bond donors (Lipinski definition) is 1. The summed E-state index contributed by atoms with van der Waals surface area (Å²) in [5.41, 5.74) is 3.98. The number of methoxy groups -OCH3 is 1. The van der Waals surface area contributed by atoms with Crippen LogP contribution in [0.4, 0.5) is 5.69 Å². The lowest BCUT2D eigenvalue weighted by atomic mass is 10.1. The Labute approximate surface area is 144 Å². The van der Waals surface area contributed by atoms with E-state index in [0.717, 1.165) is 44.1 Å². The molecule has 0 atom stereocenters. The zero-order valence-electron chi connectivity index (χ0n) is 14.5. The molecule has 4 nitrogen and oxygen atoms in total. The molecule has 1 aliphatic heterocycles. The van der Waals surface area contributed by atoms with Gasteiger partial charge in [0.15, 0.2) is 5.96 Å². The van der Waals surface area contributed by atoms with Crippen LogP contribution in [0.25, 0.3) is 0 Å². The van der Waals surface area contributed by atoms with Crippen LogP contribution in [0.2, 0.25) is 0 Å². The third kappa shape index (κ3) is 3.70. The van der Waals surface area contributed by atoms with E-state index in [0.29, 0.717) is 0 Å². The number of para-hydroxylation sites is 1. The lowest BCUT2D eigenvalue weighted by Gasteiger charge is -2.22. The number of aryl methyl sites for hydroxylation is 1. The van der Waals surface area contributed by atoms with Crippen LogP contribution < -0.4 is 15.0 Å². The van der Waals surface area contributed by atoms with E-state index < -0.39 is 0 Å². The number of nitrogens with one attached hydrogen (secondary N) is 1. The molecule has 0 aromatic heterocycles. The van der Waals surface area contributed by atoms with Crippen molar-refractivity contribution in [3.63, 3.8) is 0 Å². The molecule has 4 heteroatoms. The molecule has 24 heavy (non-hydrogen) atoms. The molecule has 2 aromatic rings. The summed E-state index contributed by atoms with van der Waals surface area (Å²) in [6.07, 6.45) is 3.17. The summed E-state index contributed by atoms with van der Waals surface area (Å²) in [5.74, 6) is 1.88. The minimum Gasteiger partial charge on any atom is -0.497 e. The summed E-state index contributed by atoms with van der Waals surface area (Å²) >= 11 is 0. The normalized spacial score (nSPS) is 13.8. The fourth-order valence-corrected chi connectivity index (χ4v) is 3.17. The number of ether oxygens (including phenoxy) is 1. The molecule has 1 heterocycles. The van der Waals surface area contributed by atoms with Crippen molar-refractivity contribution >= 4 is 11.6 Å². The smallest absolute Gasteiger partial charge is 0.198 e. The Morgan fingerprint density at radius 3 is 2.92 bits per heavy atom. The van der Waals surface area contributed by atoms with E-state index in [1.54, 1.807) is 7.11 Å². The first-order chi connectivity index (χ1) is 11.8. The Kier molecular flexibility index (Phi) is 5.36. The molecule has 0 saturated carbocycles. The lowest BCUT2D eigenvalue weighted by Crippen LogP contribution is -2.41. The summed E-state index contributed by atoms with van der Waals surface area (Å²) in [6, 6.07) is 16.8. The predicted octanol–water partition coefficient (Wildman–Crippen LogP) is 3.27. The van der Waals surface area contributed by atoms with E-state index in [9.17, 15) is 0 Å². The number of rotatable bonds is 5. The summed E-state index contributed by atoms with van der Waals surface area (Å²) in [5, 5.41) is 3.50. The first-order valence-electron chi connectivity index (χ1n) is 8.51. The van der Waals surface area contributed by atoms with Gasteiger partial charge < -0.3 is 15.0 Å². The zero-order valence-corrected chi connectivity index (χ0v) is 14.5. The summed E-state index contributed by atoms with van der Waals surface area (Å²) in [6.45, 7) is 1.90. The van der Waals surface area contributed by atoms with Crippen molar-refractivity contribution in [3.8, 4) is 5.75 Å². The van der Waals surface area contributed by atoms with Gasteiger partial charge in [0.25, 0.3) is 0 Å². The highest BCUT2D eigenvalue weighted by atomic mass is 16.5. The van der Waals surface area contributed by atoms with Gasteiger partial charge in [0.2, 0.25) is 0 Å². The van der Waals surface area contributed by atoms with Crippen LogP contribution in [0.15, 0.2) is 53.5 Å². The van der Waals surface area contributed by atoms with Gasteiger partial charge in [-0.3, -0.25) is 4.99 Å². The van der Waals surface area contributed by atoms with Gasteiger partial charge in [0.1, 0.15) is 5.75 Å². The summed E-state index contributed by atoms with van der Waals surface area (Å²) in [4.78, 5) is 6.73.